The van der Waals surface area contributed by atoms with Gasteiger partial charge in [0, 0.05) is 11.3 Å². The Bertz CT molecular complexity index is 1180. The number of hydrazone groups is 1. The summed E-state index contributed by atoms with van der Waals surface area (Å²) in [4.78, 5) is 30.6. The predicted octanol–water partition coefficient (Wildman–Crippen LogP) is 3.63. The maximum atomic E-state index is 12.2. The molecular weight excluding hydrogens is 454 g/mol. The maximum absolute atomic E-state index is 12.2. The summed E-state index contributed by atoms with van der Waals surface area (Å²) in [5.41, 5.74) is 3.53. The zero-order valence-electron chi connectivity index (χ0n) is 18.8. The highest BCUT2D eigenvalue weighted by Gasteiger charge is 2.31. The van der Waals surface area contributed by atoms with Crippen molar-refractivity contribution in [1.29, 1.82) is 0 Å². The van der Waals surface area contributed by atoms with E-state index in [1.165, 1.54) is 31.4 Å². The van der Waals surface area contributed by atoms with E-state index in [4.69, 9.17) is 9.84 Å². The Morgan fingerprint density at radius 1 is 1.29 bits per heavy atom. The van der Waals surface area contributed by atoms with Gasteiger partial charge in [-0.25, -0.2) is 4.98 Å². The monoisotopic (exact) mass is 479 g/mol. The number of aromatic nitrogens is 2. The normalized spacial score (nSPS) is 17.7. The van der Waals surface area contributed by atoms with Crippen molar-refractivity contribution in [2.45, 2.75) is 30.5 Å². The van der Waals surface area contributed by atoms with E-state index in [9.17, 15) is 14.7 Å². The number of aromatic amines is 1. The van der Waals surface area contributed by atoms with Crippen LogP contribution in [0.15, 0.2) is 60.1 Å². The Morgan fingerprint density at radius 2 is 2.09 bits per heavy atom. The van der Waals surface area contributed by atoms with E-state index in [1.54, 1.807) is 29.3 Å². The first kappa shape index (κ1) is 23.4. The molecule has 4 rings (SSSR count). The summed E-state index contributed by atoms with van der Waals surface area (Å²) in [5, 5.41) is 19.2. The molecule has 0 saturated carbocycles. The Balaban J connectivity index is 1.54. The highest BCUT2D eigenvalue weighted by Crippen LogP contribution is 2.35. The van der Waals surface area contributed by atoms with Crippen molar-refractivity contribution >= 4 is 35.4 Å². The molecule has 1 aliphatic heterocycles. The number of anilines is 1. The molecule has 0 spiro atoms. The quantitative estimate of drug-likeness (QED) is 0.422. The fourth-order valence-corrected chi connectivity index (χ4v) is 4.80. The zero-order valence-corrected chi connectivity index (χ0v) is 19.6. The Kier molecular flexibility index (Phi) is 7.17. The molecule has 2 unspecified atom stereocenters. The SMILES string of the molecule is CCC1SC(C=O)N(Cc2ccc(NC(=O)c3cnc[nH]3)cc2)N=C1c1ccc(OC)c(O)c1. The summed E-state index contributed by atoms with van der Waals surface area (Å²) in [7, 11) is 1.50. The number of carbonyl (C=O) groups is 2. The summed E-state index contributed by atoms with van der Waals surface area (Å²) in [6.45, 7) is 2.46. The van der Waals surface area contributed by atoms with Crippen molar-refractivity contribution in [1.82, 2.24) is 15.0 Å². The summed E-state index contributed by atoms with van der Waals surface area (Å²) in [5.74, 6) is 0.156. The number of ether oxygens (including phenoxy) is 1. The summed E-state index contributed by atoms with van der Waals surface area (Å²) in [6.07, 6.45) is 4.60. The number of thioether (sulfide) groups is 1. The van der Waals surface area contributed by atoms with Gasteiger partial charge in [-0.3, -0.25) is 9.80 Å². The molecule has 34 heavy (non-hydrogen) atoms. The lowest BCUT2D eigenvalue weighted by atomic mass is 10.0. The molecule has 1 aromatic heterocycles. The number of aldehydes is 1. The van der Waals surface area contributed by atoms with Crippen molar-refractivity contribution in [2.24, 2.45) is 5.10 Å². The van der Waals surface area contributed by atoms with Gasteiger partial charge >= 0.3 is 0 Å². The molecule has 0 radical (unpaired) electrons. The number of rotatable bonds is 8. The number of hydrogen-bond acceptors (Lipinski definition) is 8. The minimum Gasteiger partial charge on any atom is -0.504 e. The molecule has 3 aromatic rings. The van der Waals surface area contributed by atoms with E-state index in [1.807, 2.05) is 25.1 Å². The summed E-state index contributed by atoms with van der Waals surface area (Å²) in [6, 6.07) is 12.6. The first-order valence-electron chi connectivity index (χ1n) is 10.7. The lowest BCUT2D eigenvalue weighted by Crippen LogP contribution is -2.39. The van der Waals surface area contributed by atoms with Crippen LogP contribution in [0.1, 0.15) is 35.0 Å². The van der Waals surface area contributed by atoms with Gasteiger partial charge in [-0.05, 0) is 42.3 Å². The van der Waals surface area contributed by atoms with Crippen LogP contribution in [0.25, 0.3) is 0 Å². The van der Waals surface area contributed by atoms with Crippen LogP contribution in [-0.2, 0) is 11.3 Å². The van der Waals surface area contributed by atoms with E-state index in [-0.39, 0.29) is 16.9 Å². The van der Waals surface area contributed by atoms with Crippen molar-refractivity contribution in [3.63, 3.8) is 0 Å². The number of methoxy groups -OCH3 is 1. The second-order valence-corrected chi connectivity index (χ2v) is 8.97. The number of benzene rings is 2. The Labute approximate surface area is 201 Å². The molecule has 3 N–H and O–H groups in total. The minimum atomic E-state index is -0.430. The van der Waals surface area contributed by atoms with E-state index in [2.05, 4.69) is 15.3 Å². The van der Waals surface area contributed by atoms with Gasteiger partial charge in [-0.15, -0.1) is 11.8 Å². The highest BCUT2D eigenvalue weighted by atomic mass is 32.2. The van der Waals surface area contributed by atoms with Gasteiger partial charge in [-0.2, -0.15) is 5.10 Å². The van der Waals surface area contributed by atoms with E-state index >= 15 is 0 Å². The van der Waals surface area contributed by atoms with Crippen LogP contribution in [0, 0.1) is 0 Å². The minimum absolute atomic E-state index is 0.0133. The molecule has 1 amide bonds. The lowest BCUT2D eigenvalue weighted by molar-refractivity contribution is -0.110. The van der Waals surface area contributed by atoms with Gasteiger partial charge in [0.05, 0.1) is 37.1 Å². The number of carbonyl (C=O) groups excluding carboxylic acids is 2. The molecule has 10 heteroatoms. The van der Waals surface area contributed by atoms with Crippen LogP contribution in [0.5, 0.6) is 11.5 Å². The second kappa shape index (κ2) is 10.4. The smallest absolute Gasteiger partial charge is 0.273 e. The van der Waals surface area contributed by atoms with Gasteiger partial charge in [-0.1, -0.05) is 19.1 Å². The number of phenols is 1. The van der Waals surface area contributed by atoms with Crippen molar-refractivity contribution in [2.75, 3.05) is 12.4 Å². The van der Waals surface area contributed by atoms with Crippen molar-refractivity contribution in [3.8, 4) is 11.5 Å². The number of amides is 1. The number of nitrogens with zero attached hydrogens (tertiary/aromatic N) is 3. The fourth-order valence-electron chi connectivity index (χ4n) is 3.63. The molecule has 1 aliphatic rings. The molecule has 9 nitrogen and oxygen atoms in total. The van der Waals surface area contributed by atoms with Gasteiger partial charge in [0.25, 0.3) is 5.91 Å². The molecule has 0 bridgehead atoms. The first-order valence-corrected chi connectivity index (χ1v) is 11.7. The number of hydrogen-bond donors (Lipinski definition) is 3. The van der Waals surface area contributed by atoms with Gasteiger partial charge in [0.2, 0.25) is 0 Å². The van der Waals surface area contributed by atoms with Crippen molar-refractivity contribution < 1.29 is 19.4 Å². The molecule has 176 valence electrons. The standard InChI is InChI=1S/C24H25N5O4S/c1-3-21-23(16-6-9-20(33-2)19(31)10-16)28-29(22(13-30)34-21)12-15-4-7-17(8-5-15)27-24(32)18-11-25-14-26-18/h4-11,13-14,21-22,31H,3,12H2,1-2H3,(H,25,26)(H,27,32). The van der Waals surface area contributed by atoms with Crippen molar-refractivity contribution in [3.05, 3.63) is 71.8 Å². The van der Waals surface area contributed by atoms with Crippen LogP contribution < -0.4 is 10.1 Å². The van der Waals surface area contributed by atoms with Gasteiger partial charge in [0.15, 0.2) is 17.8 Å². The third-order valence-electron chi connectivity index (χ3n) is 5.40. The van der Waals surface area contributed by atoms with Crippen LogP contribution in [-0.4, -0.2) is 55.7 Å². The van der Waals surface area contributed by atoms with Crippen LogP contribution in [0.4, 0.5) is 5.69 Å². The lowest BCUT2D eigenvalue weighted by Gasteiger charge is -2.34. The third-order valence-corrected chi connectivity index (χ3v) is 6.92. The average Bonchev–Trinajstić information content (AvgIpc) is 3.40. The second-order valence-electron chi connectivity index (χ2n) is 7.65. The number of phenolic OH excluding ortho intramolecular Hbond substituents is 1. The Morgan fingerprint density at radius 3 is 2.71 bits per heavy atom. The summed E-state index contributed by atoms with van der Waals surface area (Å²) >= 11 is 1.54. The first-order chi connectivity index (χ1) is 16.5. The number of aromatic hydroxyl groups is 1. The Hall–Kier alpha value is -3.79. The van der Waals surface area contributed by atoms with Crippen LogP contribution >= 0.6 is 11.8 Å². The topological polar surface area (TPSA) is 120 Å². The van der Waals surface area contributed by atoms with E-state index < -0.39 is 5.37 Å². The summed E-state index contributed by atoms with van der Waals surface area (Å²) < 4.78 is 5.15. The third kappa shape index (κ3) is 5.07. The number of imidazole rings is 1. The number of nitrogens with one attached hydrogen (secondary N) is 2. The molecule has 2 heterocycles. The van der Waals surface area contributed by atoms with Gasteiger partial charge in [0.1, 0.15) is 11.1 Å². The fraction of sp³-hybridized carbons (Fsp3) is 0.250. The van der Waals surface area contributed by atoms with Gasteiger partial charge < -0.3 is 24.9 Å². The largest absolute Gasteiger partial charge is 0.504 e. The molecule has 0 fully saturated rings. The van der Waals surface area contributed by atoms with Crippen LogP contribution in [0.3, 0.4) is 0 Å². The van der Waals surface area contributed by atoms with E-state index in [0.29, 0.717) is 23.7 Å². The molecule has 0 aliphatic carbocycles. The highest BCUT2D eigenvalue weighted by molar-refractivity contribution is 8.01. The molecule has 2 atom stereocenters. The van der Waals surface area contributed by atoms with Crippen LogP contribution in [0.2, 0.25) is 0 Å². The predicted molar refractivity (Wildman–Crippen MR) is 131 cm³/mol. The molecule has 2 aromatic carbocycles. The number of H-pyrrole nitrogens is 1. The zero-order chi connectivity index (χ0) is 24.1. The molecule has 0 saturated heterocycles. The molecular formula is C24H25N5O4S. The van der Waals surface area contributed by atoms with E-state index in [0.717, 1.165) is 29.5 Å². The average molecular weight is 480 g/mol. The maximum Gasteiger partial charge on any atom is 0.273 e.